The van der Waals surface area contributed by atoms with Crippen LogP contribution in [0.25, 0.3) is 0 Å². The molecule has 0 bridgehead atoms. The van der Waals surface area contributed by atoms with Crippen molar-refractivity contribution in [2.75, 3.05) is 31.1 Å². The molecule has 4 heteroatoms. The van der Waals surface area contributed by atoms with Crippen LogP contribution in [0.1, 0.15) is 13.3 Å². The van der Waals surface area contributed by atoms with Gasteiger partial charge in [-0.15, -0.1) is 0 Å². The summed E-state index contributed by atoms with van der Waals surface area (Å²) >= 11 is 0. The van der Waals surface area contributed by atoms with Crippen molar-refractivity contribution in [1.29, 1.82) is 0 Å². The third-order valence-electron chi connectivity index (χ3n) is 2.39. The SMILES string of the molecule is CC(CN)N1CCCS(=O)CC1. The van der Waals surface area contributed by atoms with Gasteiger partial charge in [-0.1, -0.05) is 0 Å². The van der Waals surface area contributed by atoms with Gasteiger partial charge in [0.25, 0.3) is 0 Å². The molecular weight excluding hydrogens is 172 g/mol. The molecule has 2 unspecified atom stereocenters. The van der Waals surface area contributed by atoms with Crippen LogP contribution in [0.2, 0.25) is 0 Å². The van der Waals surface area contributed by atoms with Crippen LogP contribution in [0.4, 0.5) is 0 Å². The van der Waals surface area contributed by atoms with Crippen LogP contribution in [0.15, 0.2) is 0 Å². The number of rotatable bonds is 2. The summed E-state index contributed by atoms with van der Waals surface area (Å²) in [6.45, 7) is 4.84. The second-order valence-corrected chi connectivity index (χ2v) is 5.02. The molecule has 2 atom stereocenters. The third-order valence-corrected chi connectivity index (χ3v) is 3.77. The fourth-order valence-corrected chi connectivity index (χ4v) is 2.54. The Bertz CT molecular complexity index is 163. The normalized spacial score (nSPS) is 29.7. The molecule has 0 radical (unpaired) electrons. The van der Waals surface area contributed by atoms with E-state index in [1.54, 1.807) is 0 Å². The maximum atomic E-state index is 11.2. The number of nitrogens with two attached hydrogens (primary N) is 1. The van der Waals surface area contributed by atoms with Gasteiger partial charge in [0.05, 0.1) is 0 Å². The average molecular weight is 190 g/mol. The van der Waals surface area contributed by atoms with Crippen molar-refractivity contribution in [3.8, 4) is 0 Å². The zero-order valence-electron chi connectivity index (χ0n) is 7.66. The van der Waals surface area contributed by atoms with E-state index in [1.165, 1.54) is 0 Å². The largest absolute Gasteiger partial charge is 0.329 e. The van der Waals surface area contributed by atoms with Crippen LogP contribution in [-0.4, -0.2) is 46.3 Å². The van der Waals surface area contributed by atoms with Crippen molar-refractivity contribution < 1.29 is 4.21 Å². The van der Waals surface area contributed by atoms with Gasteiger partial charge in [-0.3, -0.25) is 9.11 Å². The van der Waals surface area contributed by atoms with E-state index >= 15 is 0 Å². The maximum absolute atomic E-state index is 11.2. The third kappa shape index (κ3) is 2.84. The van der Waals surface area contributed by atoms with E-state index in [0.717, 1.165) is 31.0 Å². The average Bonchev–Trinajstić information content (AvgIpc) is 2.29. The van der Waals surface area contributed by atoms with Gasteiger partial charge in [0.15, 0.2) is 0 Å². The van der Waals surface area contributed by atoms with E-state index in [-0.39, 0.29) is 0 Å². The zero-order valence-corrected chi connectivity index (χ0v) is 8.48. The molecule has 0 amide bonds. The summed E-state index contributed by atoms with van der Waals surface area (Å²) in [5, 5.41) is 0. The number of nitrogens with zero attached hydrogens (tertiary/aromatic N) is 1. The Morgan fingerprint density at radius 3 is 2.92 bits per heavy atom. The van der Waals surface area contributed by atoms with Crippen molar-refractivity contribution in [2.45, 2.75) is 19.4 Å². The highest BCUT2D eigenvalue weighted by molar-refractivity contribution is 7.85. The quantitative estimate of drug-likeness (QED) is 0.655. The minimum atomic E-state index is -0.579. The Morgan fingerprint density at radius 2 is 2.25 bits per heavy atom. The van der Waals surface area contributed by atoms with Gasteiger partial charge in [-0.25, -0.2) is 0 Å². The second-order valence-electron chi connectivity index (χ2n) is 3.32. The van der Waals surface area contributed by atoms with Crippen LogP contribution >= 0.6 is 0 Å². The van der Waals surface area contributed by atoms with Crippen LogP contribution in [-0.2, 0) is 10.8 Å². The highest BCUT2D eigenvalue weighted by Crippen LogP contribution is 2.05. The fourth-order valence-electron chi connectivity index (χ4n) is 1.45. The standard InChI is InChI=1S/C8H18N2OS/c1-8(7-9)10-3-2-5-12(11)6-4-10/h8H,2-7,9H2,1H3. The topological polar surface area (TPSA) is 46.3 Å². The smallest absolute Gasteiger partial charge is 0.0362 e. The molecule has 0 aromatic rings. The summed E-state index contributed by atoms with van der Waals surface area (Å²) in [6, 6.07) is 0.445. The Labute approximate surface area is 76.8 Å². The Balaban J connectivity index is 2.40. The lowest BCUT2D eigenvalue weighted by molar-refractivity contribution is 0.230. The lowest BCUT2D eigenvalue weighted by Crippen LogP contribution is -2.39. The highest BCUT2D eigenvalue weighted by Gasteiger charge is 2.16. The van der Waals surface area contributed by atoms with E-state index in [1.807, 2.05) is 0 Å². The van der Waals surface area contributed by atoms with Crippen molar-refractivity contribution in [3.05, 3.63) is 0 Å². The minimum Gasteiger partial charge on any atom is -0.329 e. The predicted octanol–water partition coefficient (Wildman–Crippen LogP) is -0.212. The number of hydrogen-bond donors (Lipinski definition) is 1. The summed E-state index contributed by atoms with van der Waals surface area (Å²) in [4.78, 5) is 2.34. The lowest BCUT2D eigenvalue weighted by atomic mass is 10.2. The zero-order chi connectivity index (χ0) is 8.97. The van der Waals surface area contributed by atoms with Gasteiger partial charge >= 0.3 is 0 Å². The van der Waals surface area contributed by atoms with Gasteiger partial charge in [-0.05, 0) is 19.9 Å². The first kappa shape index (κ1) is 10.2. The maximum Gasteiger partial charge on any atom is 0.0362 e. The molecule has 0 saturated carbocycles. The summed E-state index contributed by atoms with van der Waals surface area (Å²) in [6.07, 6.45) is 1.05. The molecule has 1 saturated heterocycles. The monoisotopic (exact) mass is 190 g/mol. The number of hydrogen-bond acceptors (Lipinski definition) is 3. The van der Waals surface area contributed by atoms with Gasteiger partial charge in [0.1, 0.15) is 0 Å². The molecule has 0 aromatic heterocycles. The molecule has 1 aliphatic heterocycles. The Kier molecular flexibility index (Phi) is 4.18. The van der Waals surface area contributed by atoms with Gasteiger partial charge in [-0.2, -0.15) is 0 Å². The van der Waals surface area contributed by atoms with Gasteiger partial charge < -0.3 is 5.73 Å². The predicted molar refractivity (Wildman–Crippen MR) is 52.6 cm³/mol. The first-order chi connectivity index (χ1) is 5.74. The molecule has 0 spiro atoms. The van der Waals surface area contributed by atoms with Crippen LogP contribution in [0.5, 0.6) is 0 Å². The molecule has 1 heterocycles. The first-order valence-corrected chi connectivity index (χ1v) is 6.02. The van der Waals surface area contributed by atoms with E-state index in [4.69, 9.17) is 5.73 Å². The summed E-state index contributed by atoms with van der Waals surface area (Å²) in [7, 11) is -0.579. The molecule has 1 aliphatic rings. The Morgan fingerprint density at radius 1 is 1.50 bits per heavy atom. The molecule has 3 nitrogen and oxygen atoms in total. The molecule has 2 N–H and O–H groups in total. The molecule has 1 rings (SSSR count). The molecule has 72 valence electrons. The summed E-state index contributed by atoms with van der Waals surface area (Å²) in [5.74, 6) is 1.69. The van der Waals surface area contributed by atoms with Crippen molar-refractivity contribution in [1.82, 2.24) is 4.90 Å². The van der Waals surface area contributed by atoms with Crippen molar-refractivity contribution >= 4 is 10.8 Å². The van der Waals surface area contributed by atoms with E-state index in [9.17, 15) is 4.21 Å². The van der Waals surface area contributed by atoms with E-state index in [0.29, 0.717) is 12.6 Å². The lowest BCUT2D eigenvalue weighted by Gasteiger charge is -2.25. The fraction of sp³-hybridized carbons (Fsp3) is 1.00. The van der Waals surface area contributed by atoms with Crippen LogP contribution < -0.4 is 5.73 Å². The van der Waals surface area contributed by atoms with Gasteiger partial charge in [0.2, 0.25) is 0 Å². The Hall–Kier alpha value is 0.0700. The van der Waals surface area contributed by atoms with E-state index in [2.05, 4.69) is 11.8 Å². The second kappa shape index (κ2) is 4.94. The molecule has 0 aromatic carbocycles. The van der Waals surface area contributed by atoms with Crippen molar-refractivity contribution in [3.63, 3.8) is 0 Å². The molecule has 0 aliphatic carbocycles. The molecule has 12 heavy (non-hydrogen) atoms. The van der Waals surface area contributed by atoms with Crippen molar-refractivity contribution in [2.24, 2.45) is 5.73 Å². The van der Waals surface area contributed by atoms with Crippen LogP contribution in [0, 0.1) is 0 Å². The van der Waals surface area contributed by atoms with Crippen LogP contribution in [0.3, 0.4) is 0 Å². The van der Waals surface area contributed by atoms with Gasteiger partial charge in [0, 0.05) is 41.4 Å². The summed E-state index contributed by atoms with van der Waals surface area (Å²) in [5.41, 5.74) is 5.57. The highest BCUT2D eigenvalue weighted by atomic mass is 32.2. The molecule has 1 fully saturated rings. The van der Waals surface area contributed by atoms with E-state index < -0.39 is 10.8 Å². The summed E-state index contributed by atoms with van der Waals surface area (Å²) < 4.78 is 11.2. The minimum absolute atomic E-state index is 0.445. The molecular formula is C8H18N2OS. The first-order valence-electron chi connectivity index (χ1n) is 4.53.